The zero-order valence-electron chi connectivity index (χ0n) is 8.08. The number of carbonyl (C=O) groups is 2. The number of aliphatic carboxylic acids is 2. The summed E-state index contributed by atoms with van der Waals surface area (Å²) in [6.07, 6.45) is 0. The second kappa shape index (κ2) is 7.18. The number of nitrogen functional groups attached to an aromatic ring is 1. The van der Waals surface area contributed by atoms with Crippen LogP contribution in [0.1, 0.15) is 0 Å². The molecule has 0 atom stereocenters. The predicted octanol–water partition coefficient (Wildman–Crippen LogP) is 2.09. The molecule has 1 aromatic rings. The minimum Gasteiger partial charge on any atom is -0.473 e. The van der Waals surface area contributed by atoms with E-state index >= 15 is 0 Å². The highest BCUT2D eigenvalue weighted by Crippen LogP contribution is 2.32. The molecular formula is C8H7Cl3N2O4. The maximum absolute atomic E-state index is 9.10. The van der Waals surface area contributed by atoms with Gasteiger partial charge in [-0.15, -0.1) is 0 Å². The smallest absolute Gasteiger partial charge is 0.414 e. The number of rotatable bonds is 1. The highest BCUT2D eigenvalue weighted by Gasteiger charge is 2.04. The fraction of sp³-hybridized carbons (Fsp3) is 0. The molecule has 0 unspecified atom stereocenters. The summed E-state index contributed by atoms with van der Waals surface area (Å²) < 4.78 is 0. The number of benzene rings is 1. The van der Waals surface area contributed by atoms with Crippen molar-refractivity contribution in [3.63, 3.8) is 0 Å². The molecule has 17 heavy (non-hydrogen) atoms. The Morgan fingerprint density at radius 2 is 1.59 bits per heavy atom. The molecule has 0 fully saturated rings. The second-order valence-corrected chi connectivity index (χ2v) is 3.73. The third kappa shape index (κ3) is 5.60. The molecule has 6 nitrogen and oxygen atoms in total. The third-order valence-electron chi connectivity index (χ3n) is 1.33. The van der Waals surface area contributed by atoms with Gasteiger partial charge in [-0.2, -0.15) is 0 Å². The van der Waals surface area contributed by atoms with Gasteiger partial charge in [-0.05, 0) is 12.1 Å². The average molecular weight is 302 g/mol. The lowest BCUT2D eigenvalue weighted by molar-refractivity contribution is -0.159. The zero-order valence-corrected chi connectivity index (χ0v) is 10.3. The van der Waals surface area contributed by atoms with E-state index in [4.69, 9.17) is 60.4 Å². The first-order valence-corrected chi connectivity index (χ1v) is 5.00. The van der Waals surface area contributed by atoms with Crippen LogP contribution >= 0.6 is 34.8 Å². The van der Waals surface area contributed by atoms with Gasteiger partial charge in [0.1, 0.15) is 0 Å². The summed E-state index contributed by atoms with van der Waals surface area (Å²) >= 11 is 17.1. The van der Waals surface area contributed by atoms with Gasteiger partial charge in [-0.1, -0.05) is 34.8 Å². The number of hydrazine groups is 1. The number of carboxylic acid groups (broad SMARTS) is 2. The monoisotopic (exact) mass is 300 g/mol. The molecule has 0 amide bonds. The van der Waals surface area contributed by atoms with E-state index in [1.54, 1.807) is 12.1 Å². The number of halogens is 3. The summed E-state index contributed by atoms with van der Waals surface area (Å²) in [5, 5.41) is 16.0. The zero-order chi connectivity index (χ0) is 13.6. The Morgan fingerprint density at radius 3 is 1.94 bits per heavy atom. The van der Waals surface area contributed by atoms with Gasteiger partial charge in [0.05, 0.1) is 15.7 Å². The summed E-state index contributed by atoms with van der Waals surface area (Å²) in [7, 11) is 0. The number of hydrogen-bond acceptors (Lipinski definition) is 4. The molecule has 5 N–H and O–H groups in total. The van der Waals surface area contributed by atoms with Crippen LogP contribution in [0.25, 0.3) is 0 Å². The van der Waals surface area contributed by atoms with Gasteiger partial charge in [-0.3, -0.25) is 5.84 Å². The SMILES string of the molecule is NNc1cc(Cl)cc(Cl)c1Cl.O=C(O)C(=O)O. The average Bonchev–Trinajstić information content (AvgIpc) is 2.24. The Hall–Kier alpha value is -1.21. The lowest BCUT2D eigenvalue weighted by Gasteiger charge is -2.04. The van der Waals surface area contributed by atoms with Gasteiger partial charge in [0, 0.05) is 5.02 Å². The fourth-order valence-corrected chi connectivity index (χ4v) is 1.32. The van der Waals surface area contributed by atoms with Crippen molar-refractivity contribution in [2.75, 3.05) is 5.43 Å². The number of nitrogens with two attached hydrogens (primary N) is 1. The first kappa shape index (κ1) is 15.8. The Morgan fingerprint density at radius 1 is 1.12 bits per heavy atom. The highest BCUT2D eigenvalue weighted by molar-refractivity contribution is 6.45. The second-order valence-electron chi connectivity index (χ2n) is 2.50. The Kier molecular flexibility index (Phi) is 6.67. The number of nitrogens with one attached hydrogen (secondary N) is 1. The van der Waals surface area contributed by atoms with Crippen molar-refractivity contribution in [3.05, 3.63) is 27.2 Å². The molecule has 0 saturated heterocycles. The maximum atomic E-state index is 9.10. The first-order valence-electron chi connectivity index (χ1n) is 3.87. The van der Waals surface area contributed by atoms with Crippen LogP contribution in [0.15, 0.2) is 12.1 Å². The van der Waals surface area contributed by atoms with Crippen LogP contribution in [0.3, 0.4) is 0 Å². The molecule has 1 rings (SSSR count). The van der Waals surface area contributed by atoms with Gasteiger partial charge < -0.3 is 15.6 Å². The molecule has 1 aromatic carbocycles. The van der Waals surface area contributed by atoms with E-state index in [0.29, 0.717) is 20.8 Å². The van der Waals surface area contributed by atoms with E-state index in [1.807, 2.05) is 0 Å². The lowest BCUT2D eigenvalue weighted by atomic mass is 10.3. The number of carboxylic acids is 2. The quantitative estimate of drug-likeness (QED) is 0.273. The summed E-state index contributed by atoms with van der Waals surface area (Å²) in [5.41, 5.74) is 2.89. The third-order valence-corrected chi connectivity index (χ3v) is 2.35. The van der Waals surface area contributed by atoms with Gasteiger partial charge in [0.15, 0.2) is 0 Å². The normalized spacial score (nSPS) is 8.94. The maximum Gasteiger partial charge on any atom is 0.414 e. The largest absolute Gasteiger partial charge is 0.473 e. The van der Waals surface area contributed by atoms with E-state index in [2.05, 4.69) is 5.43 Å². The summed E-state index contributed by atoms with van der Waals surface area (Å²) in [6, 6.07) is 3.14. The van der Waals surface area contributed by atoms with Crippen LogP contribution < -0.4 is 11.3 Å². The van der Waals surface area contributed by atoms with Crippen molar-refractivity contribution in [1.82, 2.24) is 0 Å². The molecule has 0 spiro atoms. The van der Waals surface area contributed by atoms with Gasteiger partial charge >= 0.3 is 11.9 Å². The number of anilines is 1. The topological polar surface area (TPSA) is 113 Å². The Balaban J connectivity index is 0.000000366. The van der Waals surface area contributed by atoms with Crippen molar-refractivity contribution < 1.29 is 19.8 Å². The Labute approximate surface area is 111 Å². The van der Waals surface area contributed by atoms with Crippen molar-refractivity contribution >= 4 is 52.4 Å². The van der Waals surface area contributed by atoms with E-state index in [-0.39, 0.29) is 0 Å². The van der Waals surface area contributed by atoms with Crippen molar-refractivity contribution in [3.8, 4) is 0 Å². The molecule has 0 aliphatic rings. The van der Waals surface area contributed by atoms with Gasteiger partial charge in [0.25, 0.3) is 0 Å². The lowest BCUT2D eigenvalue weighted by Crippen LogP contribution is -2.09. The summed E-state index contributed by atoms with van der Waals surface area (Å²) in [6.45, 7) is 0. The van der Waals surface area contributed by atoms with E-state index in [9.17, 15) is 0 Å². The van der Waals surface area contributed by atoms with Crippen LogP contribution in [0, 0.1) is 0 Å². The molecule has 94 valence electrons. The minimum absolute atomic E-state index is 0.374. The molecule has 0 saturated carbocycles. The molecular weight excluding hydrogens is 294 g/mol. The van der Waals surface area contributed by atoms with Crippen LogP contribution in [0.2, 0.25) is 15.1 Å². The van der Waals surface area contributed by atoms with Crippen LogP contribution in [-0.2, 0) is 9.59 Å². The summed E-state index contributed by atoms with van der Waals surface area (Å²) in [5.74, 6) is 1.49. The predicted molar refractivity (Wildman–Crippen MR) is 64.6 cm³/mol. The van der Waals surface area contributed by atoms with Gasteiger partial charge in [-0.25, -0.2) is 9.59 Å². The minimum atomic E-state index is -1.82. The van der Waals surface area contributed by atoms with E-state index in [1.165, 1.54) is 0 Å². The number of hydrogen-bond donors (Lipinski definition) is 4. The molecule has 9 heteroatoms. The Bertz CT molecular complexity index is 427. The van der Waals surface area contributed by atoms with Gasteiger partial charge in [0.2, 0.25) is 0 Å². The van der Waals surface area contributed by atoms with Crippen LogP contribution in [0.5, 0.6) is 0 Å². The van der Waals surface area contributed by atoms with Crippen LogP contribution in [-0.4, -0.2) is 22.2 Å². The molecule has 0 aliphatic carbocycles. The highest BCUT2D eigenvalue weighted by atomic mass is 35.5. The van der Waals surface area contributed by atoms with E-state index < -0.39 is 11.9 Å². The van der Waals surface area contributed by atoms with Crippen molar-refractivity contribution in [2.24, 2.45) is 5.84 Å². The molecule has 0 aliphatic heterocycles. The van der Waals surface area contributed by atoms with Crippen molar-refractivity contribution in [2.45, 2.75) is 0 Å². The molecule has 0 radical (unpaired) electrons. The fourth-order valence-electron chi connectivity index (χ4n) is 0.661. The molecule has 0 heterocycles. The first-order chi connectivity index (χ1) is 7.79. The standard InChI is InChI=1S/C6H5Cl3N2.C2H2O4/c7-3-1-4(8)6(9)5(2-3)11-10;3-1(4)2(5)6/h1-2,11H,10H2;(H,3,4)(H,5,6). The molecule has 0 aromatic heterocycles. The summed E-state index contributed by atoms with van der Waals surface area (Å²) in [4.78, 5) is 18.2. The van der Waals surface area contributed by atoms with Crippen molar-refractivity contribution in [1.29, 1.82) is 0 Å². The van der Waals surface area contributed by atoms with Crippen LogP contribution in [0.4, 0.5) is 5.69 Å². The molecule has 0 bridgehead atoms. The van der Waals surface area contributed by atoms with E-state index in [0.717, 1.165) is 0 Å².